The molecule has 2 aromatic rings. The molecule has 0 atom stereocenters. The predicted molar refractivity (Wildman–Crippen MR) is 95.5 cm³/mol. The van der Waals surface area contributed by atoms with Crippen LogP contribution in [0.5, 0.6) is 5.75 Å². The number of aryl methyl sites for hydroxylation is 1. The number of ether oxygens (including phenoxy) is 1. The lowest BCUT2D eigenvalue weighted by Crippen LogP contribution is -2.22. The number of halogens is 1. The van der Waals surface area contributed by atoms with Crippen molar-refractivity contribution in [2.75, 3.05) is 11.9 Å². The highest BCUT2D eigenvalue weighted by atomic mass is 35.5. The van der Waals surface area contributed by atoms with E-state index in [2.05, 4.69) is 38.2 Å². The summed E-state index contributed by atoms with van der Waals surface area (Å²) in [6, 6.07) is 13.1. The van der Waals surface area contributed by atoms with Gasteiger partial charge in [0.2, 0.25) is 0 Å². The molecular formula is C19H22ClNO2. The Bertz CT molecular complexity index is 705. The van der Waals surface area contributed by atoms with E-state index in [9.17, 15) is 4.79 Å². The summed E-state index contributed by atoms with van der Waals surface area (Å²) in [6.45, 7) is 8.33. The van der Waals surface area contributed by atoms with Crippen LogP contribution in [0.25, 0.3) is 0 Å². The van der Waals surface area contributed by atoms with Gasteiger partial charge in [-0.1, -0.05) is 50.6 Å². The van der Waals surface area contributed by atoms with E-state index >= 15 is 0 Å². The van der Waals surface area contributed by atoms with E-state index in [0.29, 0.717) is 10.7 Å². The highest BCUT2D eigenvalue weighted by Gasteiger charge is 2.19. The maximum absolute atomic E-state index is 12.1. The van der Waals surface area contributed by atoms with Crippen molar-refractivity contribution < 1.29 is 9.53 Å². The molecule has 3 nitrogen and oxygen atoms in total. The second kappa shape index (κ2) is 7.05. The van der Waals surface area contributed by atoms with Gasteiger partial charge < -0.3 is 10.1 Å². The summed E-state index contributed by atoms with van der Waals surface area (Å²) in [7, 11) is 0. The number of nitrogens with one attached hydrogen (secondary N) is 1. The molecule has 0 bridgehead atoms. The quantitative estimate of drug-likeness (QED) is 0.859. The minimum absolute atomic E-state index is 0.0426. The molecule has 0 fully saturated rings. The maximum atomic E-state index is 12.1. The Kier molecular flexibility index (Phi) is 5.32. The van der Waals surface area contributed by atoms with E-state index in [1.54, 1.807) is 24.3 Å². The molecule has 4 heteroatoms. The lowest BCUT2D eigenvalue weighted by atomic mass is 9.86. The average Bonchev–Trinajstić information content (AvgIpc) is 2.44. The number of carbonyl (C=O) groups is 1. The van der Waals surface area contributed by atoms with Gasteiger partial charge in [0.05, 0.1) is 0 Å². The van der Waals surface area contributed by atoms with Crippen molar-refractivity contribution in [2.45, 2.75) is 33.1 Å². The van der Waals surface area contributed by atoms with Crippen LogP contribution in [0.4, 0.5) is 5.69 Å². The van der Waals surface area contributed by atoms with Crippen molar-refractivity contribution in [3.8, 4) is 5.75 Å². The van der Waals surface area contributed by atoms with Crippen molar-refractivity contribution >= 4 is 23.2 Å². The van der Waals surface area contributed by atoms with Crippen LogP contribution in [0.3, 0.4) is 0 Å². The zero-order chi connectivity index (χ0) is 17.0. The van der Waals surface area contributed by atoms with Crippen molar-refractivity contribution in [1.29, 1.82) is 0 Å². The second-order valence-corrected chi connectivity index (χ2v) is 7.03. The van der Waals surface area contributed by atoms with Crippen LogP contribution in [-0.2, 0) is 10.2 Å². The molecule has 0 aromatic heterocycles. The molecule has 0 radical (unpaired) electrons. The molecular weight excluding hydrogens is 310 g/mol. The van der Waals surface area contributed by atoms with Crippen LogP contribution < -0.4 is 10.1 Å². The van der Waals surface area contributed by atoms with Gasteiger partial charge in [0.25, 0.3) is 5.91 Å². The Hall–Kier alpha value is -2.00. The Morgan fingerprint density at radius 2 is 1.91 bits per heavy atom. The van der Waals surface area contributed by atoms with Gasteiger partial charge in [-0.2, -0.15) is 0 Å². The van der Waals surface area contributed by atoms with E-state index in [-0.39, 0.29) is 17.9 Å². The number of amides is 1. The Balaban J connectivity index is 2.06. The molecule has 0 aliphatic heterocycles. The van der Waals surface area contributed by atoms with Crippen molar-refractivity contribution in [2.24, 2.45) is 0 Å². The summed E-state index contributed by atoms with van der Waals surface area (Å²) in [5, 5.41) is 3.36. The summed E-state index contributed by atoms with van der Waals surface area (Å²) in [4.78, 5) is 12.1. The minimum Gasteiger partial charge on any atom is -0.483 e. The fraction of sp³-hybridized carbons (Fsp3) is 0.316. The summed E-state index contributed by atoms with van der Waals surface area (Å²) in [6.07, 6.45) is 0. The molecule has 0 saturated heterocycles. The third-order valence-corrected chi connectivity index (χ3v) is 3.65. The Labute approximate surface area is 142 Å². The maximum Gasteiger partial charge on any atom is 0.262 e. The zero-order valence-corrected chi connectivity index (χ0v) is 14.7. The molecule has 1 amide bonds. The molecule has 2 aromatic carbocycles. The fourth-order valence-corrected chi connectivity index (χ4v) is 2.47. The van der Waals surface area contributed by atoms with Crippen LogP contribution >= 0.6 is 11.6 Å². The normalized spacial score (nSPS) is 11.2. The highest BCUT2D eigenvalue weighted by molar-refractivity contribution is 6.30. The standard InChI is InChI=1S/C19H22ClNO2/c1-13-8-9-16(19(2,3)4)17(10-13)23-12-18(22)21-15-7-5-6-14(20)11-15/h5-11H,12H2,1-4H3,(H,21,22). The summed E-state index contributed by atoms with van der Waals surface area (Å²) < 4.78 is 5.76. The summed E-state index contributed by atoms with van der Waals surface area (Å²) >= 11 is 5.91. The number of rotatable bonds is 4. The van der Waals surface area contributed by atoms with Crippen LogP contribution in [0.2, 0.25) is 5.02 Å². The monoisotopic (exact) mass is 331 g/mol. The predicted octanol–water partition coefficient (Wildman–Crippen LogP) is 4.96. The summed E-state index contributed by atoms with van der Waals surface area (Å²) in [5.41, 5.74) is 2.79. The van der Waals surface area contributed by atoms with Crippen LogP contribution in [0.15, 0.2) is 42.5 Å². The van der Waals surface area contributed by atoms with Crippen LogP contribution in [0, 0.1) is 6.92 Å². The number of carbonyl (C=O) groups excluding carboxylic acids is 1. The Morgan fingerprint density at radius 1 is 1.17 bits per heavy atom. The van der Waals surface area contributed by atoms with Crippen LogP contribution in [0.1, 0.15) is 31.9 Å². The van der Waals surface area contributed by atoms with E-state index in [1.807, 2.05) is 13.0 Å². The van der Waals surface area contributed by atoms with Crippen molar-refractivity contribution in [1.82, 2.24) is 0 Å². The first-order valence-corrected chi connectivity index (χ1v) is 7.93. The highest BCUT2D eigenvalue weighted by Crippen LogP contribution is 2.32. The van der Waals surface area contributed by atoms with Gasteiger partial charge >= 0.3 is 0 Å². The molecule has 2 rings (SSSR count). The van der Waals surface area contributed by atoms with Gasteiger partial charge in [0.15, 0.2) is 6.61 Å². The number of hydrogen-bond acceptors (Lipinski definition) is 2. The van der Waals surface area contributed by atoms with E-state index in [0.717, 1.165) is 16.9 Å². The van der Waals surface area contributed by atoms with Gasteiger partial charge in [0, 0.05) is 10.7 Å². The number of anilines is 1. The molecule has 0 aliphatic rings. The molecule has 122 valence electrons. The Morgan fingerprint density at radius 3 is 2.57 bits per heavy atom. The van der Waals surface area contributed by atoms with Gasteiger partial charge in [0.1, 0.15) is 5.75 Å². The SMILES string of the molecule is Cc1ccc(C(C)(C)C)c(OCC(=O)Nc2cccc(Cl)c2)c1. The zero-order valence-electron chi connectivity index (χ0n) is 13.9. The minimum atomic E-state index is -0.214. The molecule has 0 aliphatic carbocycles. The van der Waals surface area contributed by atoms with Crippen LogP contribution in [-0.4, -0.2) is 12.5 Å². The molecule has 0 unspecified atom stereocenters. The average molecular weight is 332 g/mol. The second-order valence-electron chi connectivity index (χ2n) is 6.60. The third-order valence-electron chi connectivity index (χ3n) is 3.41. The molecule has 0 saturated carbocycles. The lowest BCUT2D eigenvalue weighted by Gasteiger charge is -2.23. The first-order chi connectivity index (χ1) is 10.8. The van der Waals surface area contributed by atoms with E-state index < -0.39 is 0 Å². The van der Waals surface area contributed by atoms with Gasteiger partial charge in [-0.3, -0.25) is 4.79 Å². The van der Waals surface area contributed by atoms with Crippen molar-refractivity contribution in [3.05, 3.63) is 58.6 Å². The smallest absolute Gasteiger partial charge is 0.262 e. The molecule has 1 N–H and O–H groups in total. The lowest BCUT2D eigenvalue weighted by molar-refractivity contribution is -0.118. The topological polar surface area (TPSA) is 38.3 Å². The first kappa shape index (κ1) is 17.4. The third kappa shape index (κ3) is 5.00. The first-order valence-electron chi connectivity index (χ1n) is 7.55. The molecule has 0 heterocycles. The molecule has 0 spiro atoms. The summed E-state index contributed by atoms with van der Waals surface area (Å²) in [5.74, 6) is 0.535. The number of benzene rings is 2. The van der Waals surface area contributed by atoms with Crippen molar-refractivity contribution in [3.63, 3.8) is 0 Å². The molecule has 23 heavy (non-hydrogen) atoms. The van der Waals surface area contributed by atoms with E-state index in [1.165, 1.54) is 0 Å². The number of hydrogen-bond donors (Lipinski definition) is 1. The van der Waals surface area contributed by atoms with Gasteiger partial charge in [-0.05, 0) is 47.7 Å². The van der Waals surface area contributed by atoms with E-state index in [4.69, 9.17) is 16.3 Å². The van der Waals surface area contributed by atoms with Gasteiger partial charge in [-0.15, -0.1) is 0 Å². The largest absolute Gasteiger partial charge is 0.483 e. The fourth-order valence-electron chi connectivity index (χ4n) is 2.28. The van der Waals surface area contributed by atoms with Gasteiger partial charge in [-0.25, -0.2) is 0 Å².